The van der Waals surface area contributed by atoms with Crippen molar-refractivity contribution in [3.8, 4) is 0 Å². The minimum atomic E-state index is -0.670. The number of hydrogen-bond donors (Lipinski definition) is 2. The Bertz CT molecular complexity index is 242. The molecule has 0 bridgehead atoms. The maximum atomic E-state index is 11.4. The van der Waals surface area contributed by atoms with Crippen molar-refractivity contribution < 1.29 is 9.90 Å². The van der Waals surface area contributed by atoms with E-state index in [0.717, 1.165) is 25.7 Å². The van der Waals surface area contributed by atoms with Crippen molar-refractivity contribution in [1.82, 2.24) is 5.32 Å². The van der Waals surface area contributed by atoms with Gasteiger partial charge in [-0.2, -0.15) is 0 Å². The van der Waals surface area contributed by atoms with Gasteiger partial charge in [-0.1, -0.05) is 13.0 Å². The second-order valence-corrected chi connectivity index (χ2v) is 5.01. The molecule has 3 nitrogen and oxygen atoms in total. The molecule has 1 fully saturated rings. The maximum Gasteiger partial charge on any atom is 0.220 e. The van der Waals surface area contributed by atoms with Crippen molar-refractivity contribution in [3.05, 3.63) is 12.7 Å². The Balaban J connectivity index is 2.25. The van der Waals surface area contributed by atoms with E-state index in [9.17, 15) is 9.90 Å². The molecule has 1 amide bonds. The van der Waals surface area contributed by atoms with E-state index < -0.39 is 5.60 Å². The van der Waals surface area contributed by atoms with Crippen LogP contribution in [0.4, 0.5) is 0 Å². The van der Waals surface area contributed by atoms with E-state index in [2.05, 4.69) is 18.8 Å². The van der Waals surface area contributed by atoms with E-state index in [-0.39, 0.29) is 5.91 Å². The highest BCUT2D eigenvalue weighted by Crippen LogP contribution is 2.31. The van der Waals surface area contributed by atoms with Crippen molar-refractivity contribution in [3.63, 3.8) is 0 Å². The molecular weight excluding hydrogens is 202 g/mol. The third-order valence-electron chi connectivity index (χ3n) is 3.40. The summed E-state index contributed by atoms with van der Waals surface area (Å²) in [4.78, 5) is 11.4. The number of aliphatic hydroxyl groups is 1. The Morgan fingerprint density at radius 3 is 2.75 bits per heavy atom. The van der Waals surface area contributed by atoms with Gasteiger partial charge in [-0.3, -0.25) is 4.79 Å². The summed E-state index contributed by atoms with van der Waals surface area (Å²) in [5.74, 6) is 0.712. The van der Waals surface area contributed by atoms with Crippen LogP contribution in [0.5, 0.6) is 0 Å². The van der Waals surface area contributed by atoms with Crippen LogP contribution < -0.4 is 5.32 Å². The first-order valence-corrected chi connectivity index (χ1v) is 6.16. The first-order valence-electron chi connectivity index (χ1n) is 6.16. The van der Waals surface area contributed by atoms with Crippen LogP contribution in [0.25, 0.3) is 0 Å². The van der Waals surface area contributed by atoms with Crippen molar-refractivity contribution in [2.75, 3.05) is 6.54 Å². The molecule has 0 radical (unpaired) electrons. The summed E-state index contributed by atoms with van der Waals surface area (Å²) in [7, 11) is 0. The van der Waals surface area contributed by atoms with E-state index >= 15 is 0 Å². The fourth-order valence-corrected chi connectivity index (χ4v) is 2.06. The normalized spacial score (nSPS) is 29.8. The Kier molecular flexibility index (Phi) is 5.00. The Labute approximate surface area is 97.9 Å². The van der Waals surface area contributed by atoms with E-state index in [4.69, 9.17) is 0 Å². The van der Waals surface area contributed by atoms with Gasteiger partial charge in [0, 0.05) is 13.0 Å². The number of carbonyl (C=O) groups excluding carboxylic acids is 1. The summed E-state index contributed by atoms with van der Waals surface area (Å²) in [6.07, 6.45) is 6.61. The van der Waals surface area contributed by atoms with Gasteiger partial charge in [-0.25, -0.2) is 0 Å². The average Bonchev–Trinajstić information content (AvgIpc) is 2.28. The lowest BCUT2D eigenvalue weighted by atomic mass is 9.79. The van der Waals surface area contributed by atoms with Gasteiger partial charge >= 0.3 is 0 Å². The van der Waals surface area contributed by atoms with Gasteiger partial charge in [0.05, 0.1) is 5.60 Å². The van der Waals surface area contributed by atoms with Crippen LogP contribution in [0, 0.1) is 5.92 Å². The predicted octanol–water partition coefficient (Wildman–Crippen LogP) is 2.01. The zero-order valence-corrected chi connectivity index (χ0v) is 10.2. The molecule has 16 heavy (non-hydrogen) atoms. The zero-order chi connectivity index (χ0) is 12.0. The summed E-state index contributed by atoms with van der Waals surface area (Å²) < 4.78 is 0. The van der Waals surface area contributed by atoms with Gasteiger partial charge in [-0.05, 0) is 38.0 Å². The van der Waals surface area contributed by atoms with Gasteiger partial charge in [-0.15, -0.1) is 6.58 Å². The fourth-order valence-electron chi connectivity index (χ4n) is 2.06. The monoisotopic (exact) mass is 225 g/mol. The number of carbonyl (C=O) groups is 1. The number of rotatable bonds is 5. The van der Waals surface area contributed by atoms with E-state index in [1.165, 1.54) is 0 Å². The lowest BCUT2D eigenvalue weighted by molar-refractivity contribution is -0.122. The van der Waals surface area contributed by atoms with Crippen LogP contribution in [0.3, 0.4) is 0 Å². The maximum absolute atomic E-state index is 11.4. The van der Waals surface area contributed by atoms with Gasteiger partial charge in [0.1, 0.15) is 0 Å². The smallest absolute Gasteiger partial charge is 0.220 e. The standard InChI is InChI=1S/C13H23NO2/c1-3-4-5-12(15)14-10-13(16)8-6-11(2)7-9-13/h3,11,16H,1,4-10H2,2H3,(H,14,15). The van der Waals surface area contributed by atoms with Gasteiger partial charge in [0.25, 0.3) is 0 Å². The second-order valence-electron chi connectivity index (χ2n) is 5.01. The van der Waals surface area contributed by atoms with Gasteiger partial charge in [0.15, 0.2) is 0 Å². The minimum Gasteiger partial charge on any atom is -0.388 e. The third-order valence-corrected chi connectivity index (χ3v) is 3.40. The molecule has 0 heterocycles. The highest BCUT2D eigenvalue weighted by Gasteiger charge is 2.31. The summed E-state index contributed by atoms with van der Waals surface area (Å²) >= 11 is 0. The highest BCUT2D eigenvalue weighted by atomic mass is 16.3. The van der Waals surface area contributed by atoms with E-state index in [1.54, 1.807) is 6.08 Å². The highest BCUT2D eigenvalue weighted by molar-refractivity contribution is 5.76. The quantitative estimate of drug-likeness (QED) is 0.703. The molecule has 2 N–H and O–H groups in total. The molecule has 0 saturated heterocycles. The molecular formula is C13H23NO2. The minimum absolute atomic E-state index is 0.00643. The topological polar surface area (TPSA) is 49.3 Å². The van der Waals surface area contributed by atoms with Gasteiger partial charge < -0.3 is 10.4 Å². The first-order chi connectivity index (χ1) is 7.56. The molecule has 1 rings (SSSR count). The van der Waals surface area contributed by atoms with Crippen LogP contribution >= 0.6 is 0 Å². The summed E-state index contributed by atoms with van der Waals surface area (Å²) in [6.45, 7) is 6.18. The molecule has 3 heteroatoms. The average molecular weight is 225 g/mol. The molecule has 1 saturated carbocycles. The summed E-state index contributed by atoms with van der Waals surface area (Å²) in [6, 6.07) is 0. The molecule has 0 spiro atoms. The Morgan fingerprint density at radius 1 is 1.56 bits per heavy atom. The predicted molar refractivity (Wildman–Crippen MR) is 65.0 cm³/mol. The van der Waals surface area contributed by atoms with Crippen LogP contribution in [0.15, 0.2) is 12.7 Å². The summed E-state index contributed by atoms with van der Waals surface area (Å²) in [5, 5.41) is 13.0. The SMILES string of the molecule is C=CCCC(=O)NCC1(O)CCC(C)CC1. The summed E-state index contributed by atoms with van der Waals surface area (Å²) in [5.41, 5.74) is -0.670. The second kappa shape index (κ2) is 6.04. The Hall–Kier alpha value is -0.830. The molecule has 0 aromatic heterocycles. The number of nitrogens with one attached hydrogen (secondary N) is 1. The van der Waals surface area contributed by atoms with Crippen molar-refractivity contribution in [1.29, 1.82) is 0 Å². The first kappa shape index (κ1) is 13.2. The molecule has 1 aliphatic rings. The molecule has 0 aliphatic heterocycles. The van der Waals surface area contributed by atoms with Crippen molar-refractivity contribution >= 4 is 5.91 Å². The van der Waals surface area contributed by atoms with Crippen molar-refractivity contribution in [2.45, 2.75) is 51.0 Å². The van der Waals surface area contributed by atoms with Gasteiger partial charge in [0.2, 0.25) is 5.91 Å². The lowest BCUT2D eigenvalue weighted by Crippen LogP contribution is -2.45. The molecule has 0 atom stereocenters. The molecule has 1 aliphatic carbocycles. The molecule has 92 valence electrons. The van der Waals surface area contributed by atoms with Crippen LogP contribution in [0.2, 0.25) is 0 Å². The number of hydrogen-bond acceptors (Lipinski definition) is 2. The van der Waals surface area contributed by atoms with Crippen molar-refractivity contribution in [2.24, 2.45) is 5.92 Å². The van der Waals surface area contributed by atoms with E-state index in [0.29, 0.717) is 25.3 Å². The lowest BCUT2D eigenvalue weighted by Gasteiger charge is -2.34. The Morgan fingerprint density at radius 2 is 2.19 bits per heavy atom. The largest absolute Gasteiger partial charge is 0.388 e. The van der Waals surface area contributed by atoms with Crippen LogP contribution in [-0.4, -0.2) is 23.2 Å². The number of allylic oxidation sites excluding steroid dienone is 1. The van der Waals surface area contributed by atoms with Crippen LogP contribution in [-0.2, 0) is 4.79 Å². The molecule has 0 aromatic carbocycles. The third kappa shape index (κ3) is 4.35. The molecule has 0 unspecified atom stereocenters. The fraction of sp³-hybridized carbons (Fsp3) is 0.769. The zero-order valence-electron chi connectivity index (χ0n) is 10.2. The van der Waals surface area contributed by atoms with Crippen LogP contribution in [0.1, 0.15) is 45.4 Å². The molecule has 0 aromatic rings. The van der Waals surface area contributed by atoms with E-state index in [1.807, 2.05) is 0 Å². The number of amides is 1.